The number of hydrogen-bond acceptors (Lipinski definition) is 2. The first kappa shape index (κ1) is 18.3. The molecule has 1 aliphatic rings. The van der Waals surface area contributed by atoms with Crippen molar-refractivity contribution in [2.45, 2.75) is 50.9 Å². The van der Waals surface area contributed by atoms with E-state index in [1.54, 1.807) is 18.2 Å². The third-order valence-electron chi connectivity index (χ3n) is 5.01. The molecule has 0 radical (unpaired) electrons. The van der Waals surface area contributed by atoms with E-state index in [4.69, 9.17) is 11.6 Å². The fourth-order valence-electron chi connectivity index (χ4n) is 3.80. The predicted molar refractivity (Wildman–Crippen MR) is 93.7 cm³/mol. The molecule has 6 heteroatoms. The molecule has 2 aromatic heterocycles. The third-order valence-corrected chi connectivity index (χ3v) is 5.32. The molecule has 25 heavy (non-hydrogen) atoms. The third kappa shape index (κ3) is 4.04. The maximum atomic E-state index is 13.5. The molecular weight excluding hydrogens is 348 g/mol. The maximum absolute atomic E-state index is 13.5. The minimum absolute atomic E-state index is 0.0244. The summed E-state index contributed by atoms with van der Waals surface area (Å²) in [5.41, 5.74) is 1.95. The molecule has 0 aromatic carbocycles. The molecule has 3 rings (SSSR count). The van der Waals surface area contributed by atoms with Gasteiger partial charge in [-0.1, -0.05) is 18.0 Å². The van der Waals surface area contributed by atoms with Crippen LogP contribution in [0.2, 0.25) is 5.02 Å². The van der Waals surface area contributed by atoms with Gasteiger partial charge in [-0.15, -0.1) is 0 Å². The van der Waals surface area contributed by atoms with Crippen molar-refractivity contribution in [2.75, 3.05) is 6.61 Å². The van der Waals surface area contributed by atoms with Crippen LogP contribution in [-0.2, 0) is 6.42 Å². The van der Waals surface area contributed by atoms with E-state index in [-0.39, 0.29) is 37.6 Å². The number of aromatic nitrogens is 1. The number of fused-ring (bicyclic) bond motifs is 1. The van der Waals surface area contributed by atoms with Gasteiger partial charge < -0.3 is 9.51 Å². The average molecular weight is 370 g/mol. The van der Waals surface area contributed by atoms with E-state index in [0.29, 0.717) is 35.4 Å². The summed E-state index contributed by atoms with van der Waals surface area (Å²) in [7, 11) is 0. The number of ketones is 1. The van der Waals surface area contributed by atoms with Crippen molar-refractivity contribution >= 4 is 22.9 Å². The van der Waals surface area contributed by atoms with Crippen molar-refractivity contribution in [3.8, 4) is 0 Å². The molecule has 1 N–H and O–H groups in total. The zero-order chi connectivity index (χ0) is 18.0. The molecule has 1 saturated carbocycles. The van der Waals surface area contributed by atoms with Crippen LogP contribution in [0.5, 0.6) is 0 Å². The van der Waals surface area contributed by atoms with Gasteiger partial charge in [-0.2, -0.15) is 0 Å². The van der Waals surface area contributed by atoms with Crippen LogP contribution in [0.15, 0.2) is 24.4 Å². The molecule has 0 spiro atoms. The summed E-state index contributed by atoms with van der Waals surface area (Å²) < 4.78 is 28.9. The smallest absolute Gasteiger partial charge is 0.248 e. The summed E-state index contributed by atoms with van der Waals surface area (Å²) in [5.74, 6) is -2.77. The van der Waals surface area contributed by atoms with E-state index >= 15 is 0 Å². The lowest BCUT2D eigenvalue weighted by molar-refractivity contribution is -0.0535. The van der Waals surface area contributed by atoms with Crippen LogP contribution < -0.4 is 0 Å². The molecule has 0 aliphatic heterocycles. The Balaban J connectivity index is 1.78. The van der Waals surface area contributed by atoms with Crippen LogP contribution in [0.4, 0.5) is 8.78 Å². The minimum atomic E-state index is -2.59. The Labute approximate surface area is 150 Å². The molecule has 2 heterocycles. The number of carbonyl (C=O) groups is 1. The standard InChI is InChI=1S/C19H22ClF2NO2/c20-16-4-2-9-23-14(7-10-24)11-15(18(16)23)17(25)6-5-13-3-1-8-19(21,22)12-13/h2,4,9,11,13,24H,1,3,5-8,10,12H2. The van der Waals surface area contributed by atoms with Gasteiger partial charge in [0.25, 0.3) is 0 Å². The van der Waals surface area contributed by atoms with Gasteiger partial charge in [-0.05, 0) is 37.0 Å². The van der Waals surface area contributed by atoms with Gasteiger partial charge in [0.2, 0.25) is 5.92 Å². The van der Waals surface area contributed by atoms with Crippen LogP contribution >= 0.6 is 11.6 Å². The second-order valence-electron chi connectivity index (χ2n) is 6.88. The molecule has 1 unspecified atom stereocenters. The normalized spacial score (nSPS) is 20.1. The van der Waals surface area contributed by atoms with Gasteiger partial charge in [-0.25, -0.2) is 8.78 Å². The number of aliphatic hydroxyl groups is 1. The van der Waals surface area contributed by atoms with E-state index in [9.17, 15) is 18.7 Å². The van der Waals surface area contributed by atoms with Crippen molar-refractivity contribution in [2.24, 2.45) is 5.92 Å². The Morgan fingerprint density at radius 3 is 2.96 bits per heavy atom. The summed E-state index contributed by atoms with van der Waals surface area (Å²) in [6.07, 6.45) is 4.07. The molecule has 0 amide bonds. The summed E-state index contributed by atoms with van der Waals surface area (Å²) in [6.45, 7) is -0.0244. The number of hydrogen-bond donors (Lipinski definition) is 1. The van der Waals surface area contributed by atoms with Crippen molar-refractivity contribution in [3.63, 3.8) is 0 Å². The lowest BCUT2D eigenvalue weighted by Gasteiger charge is -2.28. The monoisotopic (exact) mass is 369 g/mol. The topological polar surface area (TPSA) is 41.7 Å². The molecule has 0 saturated heterocycles. The number of rotatable bonds is 6. The van der Waals surface area contributed by atoms with E-state index in [1.807, 2.05) is 10.6 Å². The van der Waals surface area contributed by atoms with Crippen molar-refractivity contribution in [1.29, 1.82) is 0 Å². The highest BCUT2D eigenvalue weighted by Gasteiger charge is 2.36. The fourth-order valence-corrected chi connectivity index (χ4v) is 4.06. The number of nitrogens with zero attached hydrogens (tertiary/aromatic N) is 1. The van der Waals surface area contributed by atoms with E-state index < -0.39 is 5.92 Å². The number of halogens is 3. The predicted octanol–water partition coefficient (Wildman–Crippen LogP) is 4.92. The van der Waals surface area contributed by atoms with Gasteiger partial charge in [0, 0.05) is 49.7 Å². The molecule has 2 aromatic rings. The minimum Gasteiger partial charge on any atom is -0.396 e. The number of Topliss-reactive ketones (excluding diaryl/α,β-unsaturated/α-hetero) is 1. The highest BCUT2D eigenvalue weighted by Crippen LogP contribution is 2.39. The van der Waals surface area contributed by atoms with Crippen molar-refractivity contribution in [1.82, 2.24) is 4.40 Å². The van der Waals surface area contributed by atoms with Crippen molar-refractivity contribution < 1.29 is 18.7 Å². The Morgan fingerprint density at radius 2 is 2.24 bits per heavy atom. The number of aliphatic hydroxyl groups excluding tert-OH is 1. The Kier molecular flexibility index (Phi) is 5.44. The Hall–Kier alpha value is -1.46. The van der Waals surface area contributed by atoms with Crippen LogP contribution in [-0.4, -0.2) is 27.8 Å². The van der Waals surface area contributed by atoms with E-state index in [1.165, 1.54) is 0 Å². The first-order valence-corrected chi connectivity index (χ1v) is 9.09. The molecule has 1 atom stereocenters. The van der Waals surface area contributed by atoms with Gasteiger partial charge in [0.05, 0.1) is 10.5 Å². The van der Waals surface area contributed by atoms with Gasteiger partial charge in [-0.3, -0.25) is 4.79 Å². The molecule has 1 aliphatic carbocycles. The maximum Gasteiger partial charge on any atom is 0.248 e. The number of carbonyl (C=O) groups excluding carboxylic acids is 1. The average Bonchev–Trinajstić information content (AvgIpc) is 2.92. The molecule has 136 valence electrons. The SMILES string of the molecule is O=C(CCC1CCCC(F)(F)C1)c1cc(CCO)n2cccc(Cl)c12. The molecule has 0 bridgehead atoms. The van der Waals surface area contributed by atoms with Gasteiger partial charge >= 0.3 is 0 Å². The van der Waals surface area contributed by atoms with Gasteiger partial charge in [0.15, 0.2) is 5.78 Å². The molecular formula is C19H22ClF2NO2. The van der Waals surface area contributed by atoms with Crippen molar-refractivity contribution in [3.05, 3.63) is 40.7 Å². The highest BCUT2D eigenvalue weighted by atomic mass is 35.5. The summed E-state index contributed by atoms with van der Waals surface area (Å²) in [6, 6.07) is 5.27. The summed E-state index contributed by atoms with van der Waals surface area (Å²) in [5, 5.41) is 9.69. The van der Waals surface area contributed by atoms with Crippen LogP contribution in [0.1, 0.15) is 54.6 Å². The summed E-state index contributed by atoms with van der Waals surface area (Å²) in [4.78, 5) is 12.7. The second-order valence-corrected chi connectivity index (χ2v) is 7.29. The number of alkyl halides is 2. The lowest BCUT2D eigenvalue weighted by Crippen LogP contribution is -2.26. The van der Waals surface area contributed by atoms with Crippen LogP contribution in [0.3, 0.4) is 0 Å². The van der Waals surface area contributed by atoms with Crippen LogP contribution in [0.25, 0.3) is 5.52 Å². The fraction of sp³-hybridized carbons (Fsp3) is 0.526. The van der Waals surface area contributed by atoms with E-state index in [2.05, 4.69) is 0 Å². The zero-order valence-corrected chi connectivity index (χ0v) is 14.7. The number of pyridine rings is 1. The lowest BCUT2D eigenvalue weighted by atomic mass is 9.83. The first-order valence-electron chi connectivity index (χ1n) is 8.71. The van der Waals surface area contributed by atoms with Gasteiger partial charge in [0.1, 0.15) is 0 Å². The quantitative estimate of drug-likeness (QED) is 0.734. The zero-order valence-electron chi connectivity index (χ0n) is 14.0. The molecule has 1 fully saturated rings. The first-order chi connectivity index (χ1) is 11.9. The summed E-state index contributed by atoms with van der Waals surface area (Å²) >= 11 is 6.27. The highest BCUT2D eigenvalue weighted by molar-refractivity contribution is 6.35. The Bertz CT molecular complexity index is 772. The molecule has 3 nitrogen and oxygen atoms in total. The van der Waals surface area contributed by atoms with Crippen LogP contribution in [0, 0.1) is 5.92 Å². The largest absolute Gasteiger partial charge is 0.396 e. The Morgan fingerprint density at radius 1 is 1.44 bits per heavy atom. The second kappa shape index (κ2) is 7.42. The van der Waals surface area contributed by atoms with E-state index in [0.717, 1.165) is 12.1 Å².